The molecular weight excluding hydrogens is 318 g/mol. The van der Waals surface area contributed by atoms with Crippen molar-refractivity contribution in [1.82, 2.24) is 9.13 Å². The van der Waals surface area contributed by atoms with Crippen LogP contribution in [0.5, 0.6) is 0 Å². The molecule has 6 nitrogen and oxygen atoms in total. The highest BCUT2D eigenvalue weighted by molar-refractivity contribution is 6.31. The van der Waals surface area contributed by atoms with E-state index in [-0.39, 0.29) is 0 Å². The molecule has 0 saturated heterocycles. The second-order valence-corrected chi connectivity index (χ2v) is 5.36. The number of hydrogen-bond donors (Lipinski definition) is 1. The summed E-state index contributed by atoms with van der Waals surface area (Å²) in [6, 6.07) is 13.6. The number of aryl methyl sites for hydroxylation is 1. The first-order valence-corrected chi connectivity index (χ1v) is 7.11. The fourth-order valence-electron chi connectivity index (χ4n) is 2.45. The standard InChI is InChI=1S/C16H12ClN3O3/c1-19-12-8-7-10(17)9-13(12)20(11-5-3-2-4-6-11)16(22)14(18-23)15(19)21/h2-9,23H,1H3. The molecule has 0 bridgehead atoms. The Bertz CT molecular complexity index is 1090. The summed E-state index contributed by atoms with van der Waals surface area (Å²) >= 11 is 6.06. The van der Waals surface area contributed by atoms with Crippen molar-refractivity contribution in [2.24, 2.45) is 12.2 Å². The number of para-hydroxylation sites is 1. The Morgan fingerprint density at radius 2 is 1.70 bits per heavy atom. The molecule has 0 saturated carbocycles. The predicted molar refractivity (Wildman–Crippen MR) is 87.1 cm³/mol. The van der Waals surface area contributed by atoms with Crippen molar-refractivity contribution >= 4 is 22.6 Å². The lowest BCUT2D eigenvalue weighted by atomic mass is 10.2. The smallest absolute Gasteiger partial charge is 0.290 e. The second-order valence-electron chi connectivity index (χ2n) is 4.92. The molecule has 0 radical (unpaired) electrons. The van der Waals surface area contributed by atoms with Gasteiger partial charge in [-0.2, -0.15) is 0 Å². The Hall–Kier alpha value is -2.86. The minimum atomic E-state index is -0.725. The number of benzene rings is 2. The Morgan fingerprint density at radius 3 is 2.35 bits per heavy atom. The lowest BCUT2D eigenvalue weighted by Crippen LogP contribution is -2.43. The third-order valence-corrected chi connectivity index (χ3v) is 3.80. The topological polar surface area (TPSA) is 76.6 Å². The van der Waals surface area contributed by atoms with E-state index in [1.54, 1.807) is 42.5 Å². The summed E-state index contributed by atoms with van der Waals surface area (Å²) in [5.41, 5.74) is 0.0276. The average molecular weight is 330 g/mol. The molecule has 7 heteroatoms. The lowest BCUT2D eigenvalue weighted by Gasteiger charge is -2.08. The van der Waals surface area contributed by atoms with Gasteiger partial charge < -0.3 is 9.77 Å². The highest BCUT2D eigenvalue weighted by Crippen LogP contribution is 2.18. The van der Waals surface area contributed by atoms with Crippen LogP contribution in [0.3, 0.4) is 0 Å². The van der Waals surface area contributed by atoms with Gasteiger partial charge in [-0.05, 0) is 30.3 Å². The van der Waals surface area contributed by atoms with E-state index in [1.165, 1.54) is 16.2 Å². The summed E-state index contributed by atoms with van der Waals surface area (Å²) in [6.07, 6.45) is 0. The van der Waals surface area contributed by atoms with Gasteiger partial charge in [-0.3, -0.25) is 14.2 Å². The van der Waals surface area contributed by atoms with Gasteiger partial charge in [-0.1, -0.05) is 35.0 Å². The first-order chi connectivity index (χ1) is 11.0. The van der Waals surface area contributed by atoms with Crippen LogP contribution in [-0.2, 0) is 7.05 Å². The third kappa shape index (κ3) is 2.43. The summed E-state index contributed by atoms with van der Waals surface area (Å²) in [6.45, 7) is 0. The first-order valence-electron chi connectivity index (χ1n) is 6.73. The summed E-state index contributed by atoms with van der Waals surface area (Å²) in [4.78, 5) is 25.1. The maximum Gasteiger partial charge on any atom is 0.290 e. The summed E-state index contributed by atoms with van der Waals surface area (Å²) in [5, 5.41) is 11.9. The zero-order valence-electron chi connectivity index (χ0n) is 12.1. The molecule has 116 valence electrons. The van der Waals surface area contributed by atoms with Crippen LogP contribution in [0, 0.1) is 0 Å². The van der Waals surface area contributed by atoms with Crippen molar-refractivity contribution in [3.8, 4) is 5.69 Å². The maximum absolute atomic E-state index is 12.8. The van der Waals surface area contributed by atoms with Gasteiger partial charge in [-0.15, -0.1) is 0 Å². The molecule has 23 heavy (non-hydrogen) atoms. The number of aromatic nitrogens is 2. The number of nitrogens with zero attached hydrogens (tertiary/aromatic N) is 3. The molecule has 0 aliphatic rings. The van der Waals surface area contributed by atoms with E-state index in [0.29, 0.717) is 21.7 Å². The van der Waals surface area contributed by atoms with Crippen LogP contribution in [0.4, 0.5) is 0 Å². The number of fused-ring (bicyclic) bond motifs is 1. The van der Waals surface area contributed by atoms with Crippen LogP contribution >= 0.6 is 11.6 Å². The first kappa shape index (κ1) is 15.1. The summed E-state index contributed by atoms with van der Waals surface area (Å²) in [5.74, 6) is 0. The van der Waals surface area contributed by atoms with Crippen LogP contribution in [-0.4, -0.2) is 14.3 Å². The van der Waals surface area contributed by atoms with Crippen molar-refractivity contribution in [1.29, 1.82) is 0 Å². The molecular formula is C16H12ClN3O3. The van der Waals surface area contributed by atoms with Gasteiger partial charge in [0.1, 0.15) is 0 Å². The van der Waals surface area contributed by atoms with Crippen molar-refractivity contribution < 1.29 is 5.21 Å². The number of halogens is 1. The fourth-order valence-corrected chi connectivity index (χ4v) is 2.62. The van der Waals surface area contributed by atoms with Crippen LogP contribution < -0.4 is 16.5 Å². The van der Waals surface area contributed by atoms with E-state index >= 15 is 0 Å². The molecule has 3 aromatic rings. The van der Waals surface area contributed by atoms with Crippen LogP contribution in [0.15, 0.2) is 63.3 Å². The molecule has 0 aliphatic carbocycles. The number of hydrogen-bond acceptors (Lipinski definition) is 4. The van der Waals surface area contributed by atoms with E-state index in [0.717, 1.165) is 0 Å². The van der Waals surface area contributed by atoms with Gasteiger partial charge in [0.2, 0.25) is 5.36 Å². The molecule has 0 fully saturated rings. The van der Waals surface area contributed by atoms with Gasteiger partial charge in [0.05, 0.1) is 11.0 Å². The SMILES string of the molecule is Cn1c(=O)c(=NO)c(=O)n(-c2ccccc2)c2cc(Cl)ccc21. The largest absolute Gasteiger partial charge is 0.410 e. The van der Waals surface area contributed by atoms with Gasteiger partial charge in [0.15, 0.2) is 0 Å². The molecule has 1 heterocycles. The Morgan fingerprint density at radius 1 is 1.00 bits per heavy atom. The Labute approximate surface area is 135 Å². The monoisotopic (exact) mass is 329 g/mol. The van der Waals surface area contributed by atoms with Crippen molar-refractivity contribution in [2.45, 2.75) is 0 Å². The van der Waals surface area contributed by atoms with Gasteiger partial charge in [0.25, 0.3) is 11.1 Å². The molecule has 0 atom stereocenters. The van der Waals surface area contributed by atoms with Crippen molar-refractivity contribution in [2.75, 3.05) is 0 Å². The van der Waals surface area contributed by atoms with Crippen molar-refractivity contribution in [3.63, 3.8) is 0 Å². The highest BCUT2D eigenvalue weighted by atomic mass is 35.5. The van der Waals surface area contributed by atoms with E-state index in [4.69, 9.17) is 16.8 Å². The molecule has 0 spiro atoms. The predicted octanol–water partition coefficient (Wildman–Crippen LogP) is 1.63. The quantitative estimate of drug-likeness (QED) is 0.544. The minimum absolute atomic E-state index is 0.419. The van der Waals surface area contributed by atoms with E-state index in [9.17, 15) is 9.59 Å². The number of rotatable bonds is 1. The van der Waals surface area contributed by atoms with Gasteiger partial charge in [0, 0.05) is 17.8 Å². The zero-order valence-corrected chi connectivity index (χ0v) is 12.9. The molecule has 0 aliphatic heterocycles. The minimum Gasteiger partial charge on any atom is -0.410 e. The van der Waals surface area contributed by atoms with Crippen LogP contribution in [0.25, 0.3) is 16.7 Å². The Kier molecular flexibility index (Phi) is 3.75. The van der Waals surface area contributed by atoms with Crippen LogP contribution in [0.1, 0.15) is 0 Å². The van der Waals surface area contributed by atoms with Crippen LogP contribution in [0.2, 0.25) is 5.02 Å². The normalized spacial score (nSPS) is 11.8. The summed E-state index contributed by atoms with van der Waals surface area (Å²) < 4.78 is 2.55. The lowest BCUT2D eigenvalue weighted by molar-refractivity contribution is 0.299. The second kappa shape index (κ2) is 5.73. The van der Waals surface area contributed by atoms with E-state index < -0.39 is 16.5 Å². The zero-order chi connectivity index (χ0) is 16.6. The molecule has 1 aromatic heterocycles. The highest BCUT2D eigenvalue weighted by Gasteiger charge is 2.12. The fraction of sp³-hybridized carbons (Fsp3) is 0.0625. The van der Waals surface area contributed by atoms with E-state index in [2.05, 4.69) is 5.16 Å². The molecule has 3 rings (SSSR count). The average Bonchev–Trinajstić information content (AvgIpc) is 2.62. The molecule has 1 N–H and O–H groups in total. The molecule has 2 aromatic carbocycles. The summed E-state index contributed by atoms with van der Waals surface area (Å²) in [7, 11) is 1.50. The van der Waals surface area contributed by atoms with Gasteiger partial charge in [-0.25, -0.2) is 0 Å². The van der Waals surface area contributed by atoms with E-state index in [1.807, 2.05) is 6.07 Å². The molecule has 0 amide bonds. The maximum atomic E-state index is 12.8. The van der Waals surface area contributed by atoms with Gasteiger partial charge >= 0.3 is 0 Å². The van der Waals surface area contributed by atoms with Crippen molar-refractivity contribution in [3.05, 3.63) is 79.6 Å². The molecule has 0 unspecified atom stereocenters. The third-order valence-electron chi connectivity index (χ3n) is 3.57. The Balaban J connectivity index is 2.74.